The van der Waals surface area contributed by atoms with Gasteiger partial charge in [-0.25, -0.2) is 0 Å². The summed E-state index contributed by atoms with van der Waals surface area (Å²) in [5.41, 5.74) is 9.32. The van der Waals surface area contributed by atoms with E-state index in [0.717, 1.165) is 11.3 Å². The van der Waals surface area contributed by atoms with E-state index in [2.05, 4.69) is 0 Å². The van der Waals surface area contributed by atoms with Gasteiger partial charge in [-0.1, -0.05) is 12.1 Å². The van der Waals surface area contributed by atoms with Crippen LogP contribution in [0.25, 0.3) is 0 Å². The molecule has 120 valence electrons. The van der Waals surface area contributed by atoms with Crippen molar-refractivity contribution in [2.45, 2.75) is 12.5 Å². The molecule has 5 nitrogen and oxygen atoms in total. The molecule has 0 saturated heterocycles. The zero-order valence-electron chi connectivity index (χ0n) is 13.6. The molecule has 1 aliphatic rings. The van der Waals surface area contributed by atoms with Crippen LogP contribution in [0, 0.1) is 0 Å². The number of benzene rings is 2. The lowest BCUT2D eigenvalue weighted by molar-refractivity contribution is -0.125. The SMILES string of the molecule is CN(C)c1ccc(CC2Oc3ccc(N)cc3N(C)C2=O)cc1. The molecule has 0 bridgehead atoms. The first-order valence-electron chi connectivity index (χ1n) is 7.55. The lowest BCUT2D eigenvalue weighted by Crippen LogP contribution is -2.44. The van der Waals surface area contributed by atoms with E-state index in [-0.39, 0.29) is 5.91 Å². The van der Waals surface area contributed by atoms with E-state index in [0.29, 0.717) is 23.5 Å². The van der Waals surface area contributed by atoms with Gasteiger partial charge in [0, 0.05) is 38.9 Å². The fourth-order valence-corrected chi connectivity index (χ4v) is 2.71. The molecule has 0 aromatic heterocycles. The van der Waals surface area contributed by atoms with Gasteiger partial charge in [-0.2, -0.15) is 0 Å². The number of ether oxygens (including phenoxy) is 1. The monoisotopic (exact) mass is 311 g/mol. The number of hydrogen-bond acceptors (Lipinski definition) is 4. The Kier molecular flexibility index (Phi) is 3.86. The smallest absolute Gasteiger partial charge is 0.268 e. The summed E-state index contributed by atoms with van der Waals surface area (Å²) in [5, 5.41) is 0. The van der Waals surface area contributed by atoms with Gasteiger partial charge >= 0.3 is 0 Å². The summed E-state index contributed by atoms with van der Waals surface area (Å²) in [6.07, 6.45) is 0.0297. The Balaban J connectivity index is 1.81. The number of carbonyl (C=O) groups excluding carboxylic acids is 1. The van der Waals surface area contributed by atoms with Gasteiger partial charge in [0.2, 0.25) is 0 Å². The Hall–Kier alpha value is -2.69. The van der Waals surface area contributed by atoms with Crippen LogP contribution in [-0.4, -0.2) is 33.2 Å². The van der Waals surface area contributed by atoms with Crippen molar-refractivity contribution in [3.05, 3.63) is 48.0 Å². The Morgan fingerprint density at radius 2 is 1.87 bits per heavy atom. The van der Waals surface area contributed by atoms with E-state index in [1.807, 2.05) is 49.3 Å². The summed E-state index contributed by atoms with van der Waals surface area (Å²) in [6, 6.07) is 13.5. The van der Waals surface area contributed by atoms with Crippen molar-refractivity contribution in [3.63, 3.8) is 0 Å². The third-order valence-corrected chi connectivity index (χ3v) is 4.09. The van der Waals surface area contributed by atoms with Gasteiger partial charge in [-0.05, 0) is 35.9 Å². The normalized spacial score (nSPS) is 16.7. The Morgan fingerprint density at radius 1 is 1.17 bits per heavy atom. The highest BCUT2D eigenvalue weighted by atomic mass is 16.5. The van der Waals surface area contributed by atoms with E-state index < -0.39 is 6.10 Å². The van der Waals surface area contributed by atoms with E-state index in [4.69, 9.17) is 10.5 Å². The first-order chi connectivity index (χ1) is 11.0. The van der Waals surface area contributed by atoms with Gasteiger partial charge in [-0.3, -0.25) is 4.79 Å². The maximum atomic E-state index is 12.5. The Bertz CT molecular complexity index is 726. The Labute approximate surface area is 136 Å². The molecule has 0 saturated carbocycles. The van der Waals surface area contributed by atoms with Crippen molar-refractivity contribution >= 4 is 23.0 Å². The predicted molar refractivity (Wildman–Crippen MR) is 93.2 cm³/mol. The molecule has 1 heterocycles. The second-order valence-corrected chi connectivity index (χ2v) is 6.00. The van der Waals surface area contributed by atoms with Crippen molar-refractivity contribution in [1.29, 1.82) is 0 Å². The molecule has 0 spiro atoms. The molecule has 3 rings (SSSR count). The molecule has 2 aromatic carbocycles. The fourth-order valence-electron chi connectivity index (χ4n) is 2.71. The molecule has 5 heteroatoms. The van der Waals surface area contributed by atoms with Crippen LogP contribution in [0.2, 0.25) is 0 Å². The summed E-state index contributed by atoms with van der Waals surface area (Å²) in [4.78, 5) is 16.2. The number of rotatable bonds is 3. The molecule has 2 aromatic rings. The van der Waals surface area contributed by atoms with Crippen LogP contribution in [0.3, 0.4) is 0 Å². The van der Waals surface area contributed by atoms with Crippen molar-refractivity contribution < 1.29 is 9.53 Å². The van der Waals surface area contributed by atoms with Crippen LogP contribution in [0.4, 0.5) is 17.1 Å². The zero-order valence-corrected chi connectivity index (χ0v) is 13.6. The summed E-state index contributed by atoms with van der Waals surface area (Å²) >= 11 is 0. The number of fused-ring (bicyclic) bond motifs is 1. The molecule has 0 aliphatic carbocycles. The van der Waals surface area contributed by atoms with Crippen LogP contribution in [0.15, 0.2) is 42.5 Å². The number of nitrogens with two attached hydrogens (primary N) is 1. The second-order valence-electron chi connectivity index (χ2n) is 6.00. The molecule has 0 fully saturated rings. The highest BCUT2D eigenvalue weighted by molar-refractivity contribution is 6.00. The minimum Gasteiger partial charge on any atom is -0.478 e. The number of anilines is 3. The van der Waals surface area contributed by atoms with E-state index in [1.165, 1.54) is 0 Å². The topological polar surface area (TPSA) is 58.8 Å². The number of nitrogens with zero attached hydrogens (tertiary/aromatic N) is 2. The maximum absolute atomic E-state index is 12.5. The minimum atomic E-state index is -0.513. The minimum absolute atomic E-state index is 0.0558. The number of nitrogen functional groups attached to an aromatic ring is 1. The number of amides is 1. The van der Waals surface area contributed by atoms with Crippen LogP contribution in [0.5, 0.6) is 5.75 Å². The van der Waals surface area contributed by atoms with Crippen LogP contribution >= 0.6 is 0 Å². The lowest BCUT2D eigenvalue weighted by atomic mass is 10.0. The summed E-state index contributed by atoms with van der Waals surface area (Å²) in [7, 11) is 5.76. The van der Waals surface area contributed by atoms with Crippen molar-refractivity contribution in [2.24, 2.45) is 0 Å². The quantitative estimate of drug-likeness (QED) is 0.884. The van der Waals surface area contributed by atoms with E-state index in [1.54, 1.807) is 24.1 Å². The molecule has 1 unspecified atom stereocenters. The van der Waals surface area contributed by atoms with E-state index >= 15 is 0 Å². The highest BCUT2D eigenvalue weighted by Crippen LogP contribution is 2.35. The molecule has 1 amide bonds. The summed E-state index contributed by atoms with van der Waals surface area (Å²) in [5.74, 6) is 0.635. The van der Waals surface area contributed by atoms with Crippen molar-refractivity contribution in [3.8, 4) is 5.75 Å². The van der Waals surface area contributed by atoms with Gasteiger partial charge in [-0.15, -0.1) is 0 Å². The number of carbonyl (C=O) groups is 1. The van der Waals surface area contributed by atoms with Gasteiger partial charge in [0.05, 0.1) is 5.69 Å². The third kappa shape index (κ3) is 2.95. The first kappa shape index (κ1) is 15.2. The van der Waals surface area contributed by atoms with Crippen LogP contribution < -0.4 is 20.3 Å². The van der Waals surface area contributed by atoms with Crippen molar-refractivity contribution in [1.82, 2.24) is 0 Å². The molecule has 1 aliphatic heterocycles. The van der Waals surface area contributed by atoms with Gasteiger partial charge in [0.1, 0.15) is 5.75 Å². The molecular formula is C18H21N3O2. The molecule has 23 heavy (non-hydrogen) atoms. The highest BCUT2D eigenvalue weighted by Gasteiger charge is 2.32. The zero-order chi connectivity index (χ0) is 16.6. The average Bonchev–Trinajstić information content (AvgIpc) is 2.53. The predicted octanol–water partition coefficient (Wildman–Crippen LogP) is 2.30. The van der Waals surface area contributed by atoms with Crippen molar-refractivity contribution in [2.75, 3.05) is 36.7 Å². The lowest BCUT2D eigenvalue weighted by Gasteiger charge is -2.32. The molecule has 2 N–H and O–H groups in total. The molecule has 1 atom stereocenters. The fraction of sp³-hybridized carbons (Fsp3) is 0.278. The summed E-state index contributed by atoms with van der Waals surface area (Å²) < 4.78 is 5.89. The average molecular weight is 311 g/mol. The van der Waals surface area contributed by atoms with Crippen LogP contribution in [0.1, 0.15) is 5.56 Å². The standard InChI is InChI=1S/C18H21N3O2/c1-20(2)14-7-4-12(5-8-14)10-17-18(22)21(3)15-11-13(19)6-9-16(15)23-17/h4-9,11,17H,10,19H2,1-3H3. The van der Waals surface area contributed by atoms with Gasteiger partial charge < -0.3 is 20.3 Å². The molecular weight excluding hydrogens is 290 g/mol. The maximum Gasteiger partial charge on any atom is 0.268 e. The number of hydrogen-bond donors (Lipinski definition) is 1. The first-order valence-corrected chi connectivity index (χ1v) is 7.55. The third-order valence-electron chi connectivity index (χ3n) is 4.09. The summed E-state index contributed by atoms with van der Waals surface area (Å²) in [6.45, 7) is 0. The molecule has 0 radical (unpaired) electrons. The second kappa shape index (κ2) is 5.83. The van der Waals surface area contributed by atoms with Gasteiger partial charge in [0.15, 0.2) is 6.10 Å². The number of likely N-dealkylation sites (N-methyl/N-ethyl adjacent to an activating group) is 1. The largest absolute Gasteiger partial charge is 0.478 e. The van der Waals surface area contributed by atoms with Crippen LogP contribution in [-0.2, 0) is 11.2 Å². The van der Waals surface area contributed by atoms with Gasteiger partial charge in [0.25, 0.3) is 5.91 Å². The van der Waals surface area contributed by atoms with E-state index in [9.17, 15) is 4.79 Å². The Morgan fingerprint density at radius 3 is 2.52 bits per heavy atom.